The maximum absolute atomic E-state index is 11.0. The summed E-state index contributed by atoms with van der Waals surface area (Å²) in [6.07, 6.45) is 2.53. The summed E-state index contributed by atoms with van der Waals surface area (Å²) < 4.78 is 7.36. The van der Waals surface area contributed by atoms with Gasteiger partial charge in [0, 0.05) is 11.6 Å². The Morgan fingerprint density at radius 1 is 1.00 bits per heavy atom. The van der Waals surface area contributed by atoms with E-state index in [1.807, 2.05) is 54.6 Å². The van der Waals surface area contributed by atoms with Gasteiger partial charge < -0.3 is 4.74 Å². The van der Waals surface area contributed by atoms with Crippen molar-refractivity contribution in [3.05, 3.63) is 66.4 Å². The van der Waals surface area contributed by atoms with Gasteiger partial charge in [-0.25, -0.2) is 0 Å². The van der Waals surface area contributed by atoms with Crippen LogP contribution < -0.4 is 4.74 Å². The van der Waals surface area contributed by atoms with Crippen LogP contribution in [0.1, 0.15) is 5.56 Å². The van der Waals surface area contributed by atoms with Crippen LogP contribution in [0.15, 0.2) is 60.8 Å². The van der Waals surface area contributed by atoms with Crippen molar-refractivity contribution >= 4 is 17.3 Å². The number of benzene rings is 2. The van der Waals surface area contributed by atoms with Gasteiger partial charge in [0.25, 0.3) is 0 Å². The maximum Gasteiger partial charge on any atom is 0.218 e. The fourth-order valence-corrected chi connectivity index (χ4v) is 2.12. The van der Waals surface area contributed by atoms with E-state index in [2.05, 4.69) is 0 Å². The molecule has 2 aromatic carbocycles. The molecule has 0 N–H and O–H groups in total. The summed E-state index contributed by atoms with van der Waals surface area (Å²) in [6, 6.07) is 17.6. The number of aromatic nitrogens is 1. The molecular weight excluding hydrogens is 238 g/mol. The van der Waals surface area contributed by atoms with Gasteiger partial charge in [-0.15, -0.1) is 0 Å². The minimum absolute atomic E-state index is 0.490. The SMILES string of the molecule is O=Cn1ccc2cccc(OCc3ccccc3)c21. The molecule has 3 rings (SSSR count). The molecule has 3 heteroatoms. The summed E-state index contributed by atoms with van der Waals surface area (Å²) in [5, 5.41) is 0.998. The lowest BCUT2D eigenvalue weighted by Gasteiger charge is -2.08. The van der Waals surface area contributed by atoms with Crippen LogP contribution in [-0.2, 0) is 11.4 Å². The normalized spacial score (nSPS) is 10.5. The van der Waals surface area contributed by atoms with Gasteiger partial charge in [0.05, 0.1) is 5.52 Å². The van der Waals surface area contributed by atoms with Gasteiger partial charge >= 0.3 is 0 Å². The molecule has 0 unspecified atom stereocenters. The fraction of sp³-hybridized carbons (Fsp3) is 0.0625. The molecule has 0 spiro atoms. The predicted molar refractivity (Wildman–Crippen MR) is 74.9 cm³/mol. The summed E-state index contributed by atoms with van der Waals surface area (Å²) in [5.41, 5.74) is 1.91. The molecule has 0 bridgehead atoms. The number of carbonyl (C=O) groups is 1. The van der Waals surface area contributed by atoms with E-state index in [1.54, 1.807) is 6.20 Å². The Labute approximate surface area is 111 Å². The Kier molecular flexibility index (Phi) is 3.02. The molecule has 19 heavy (non-hydrogen) atoms. The maximum atomic E-state index is 11.0. The molecule has 0 atom stereocenters. The topological polar surface area (TPSA) is 31.2 Å². The van der Waals surface area contributed by atoms with E-state index in [1.165, 1.54) is 4.57 Å². The fourth-order valence-electron chi connectivity index (χ4n) is 2.12. The van der Waals surface area contributed by atoms with E-state index in [4.69, 9.17) is 4.74 Å². The van der Waals surface area contributed by atoms with Crippen LogP contribution in [0.5, 0.6) is 5.75 Å². The molecule has 3 aromatic rings. The minimum atomic E-state index is 0.490. The Balaban J connectivity index is 1.92. The standard InChI is InChI=1S/C16H13NO2/c18-12-17-10-9-14-7-4-8-15(16(14)17)19-11-13-5-2-1-3-6-13/h1-10,12H,11H2. The van der Waals surface area contributed by atoms with E-state index in [0.29, 0.717) is 6.61 Å². The lowest BCUT2D eigenvalue weighted by molar-refractivity contribution is 0.309. The number of rotatable bonds is 4. The van der Waals surface area contributed by atoms with E-state index in [9.17, 15) is 4.79 Å². The van der Waals surface area contributed by atoms with Crippen LogP contribution in [0.2, 0.25) is 0 Å². The number of hydrogen-bond donors (Lipinski definition) is 0. The highest BCUT2D eigenvalue weighted by atomic mass is 16.5. The first kappa shape index (κ1) is 11.5. The third-order valence-electron chi connectivity index (χ3n) is 3.05. The van der Waals surface area contributed by atoms with Gasteiger partial charge in [0.1, 0.15) is 12.4 Å². The molecule has 1 aromatic heterocycles. The Morgan fingerprint density at radius 2 is 1.84 bits per heavy atom. The summed E-state index contributed by atoms with van der Waals surface area (Å²) in [5.74, 6) is 0.721. The van der Waals surface area contributed by atoms with Crippen LogP contribution in [0.4, 0.5) is 0 Å². The van der Waals surface area contributed by atoms with E-state index in [-0.39, 0.29) is 0 Å². The molecule has 0 saturated carbocycles. The number of ether oxygens (including phenoxy) is 1. The largest absolute Gasteiger partial charge is 0.487 e. The second-order valence-corrected chi connectivity index (χ2v) is 4.30. The van der Waals surface area contributed by atoms with Crippen molar-refractivity contribution in [2.24, 2.45) is 0 Å². The first-order valence-corrected chi connectivity index (χ1v) is 6.10. The molecule has 0 aliphatic heterocycles. The van der Waals surface area contributed by atoms with Gasteiger partial charge in [-0.3, -0.25) is 9.36 Å². The predicted octanol–water partition coefficient (Wildman–Crippen LogP) is 3.26. The molecule has 0 amide bonds. The van der Waals surface area contributed by atoms with Crippen LogP contribution >= 0.6 is 0 Å². The monoisotopic (exact) mass is 251 g/mol. The van der Waals surface area contributed by atoms with Crippen molar-refractivity contribution in [3.63, 3.8) is 0 Å². The number of nitrogens with zero attached hydrogens (tertiary/aromatic N) is 1. The lowest BCUT2D eigenvalue weighted by Crippen LogP contribution is -1.99. The Bertz CT molecular complexity index is 701. The number of fused-ring (bicyclic) bond motifs is 1. The van der Waals surface area contributed by atoms with Crippen LogP contribution in [0, 0.1) is 0 Å². The van der Waals surface area contributed by atoms with Crippen molar-refractivity contribution in [1.82, 2.24) is 4.57 Å². The lowest BCUT2D eigenvalue weighted by atomic mass is 10.2. The average molecular weight is 251 g/mol. The molecule has 1 heterocycles. The molecule has 0 radical (unpaired) electrons. The second kappa shape index (κ2) is 4.98. The smallest absolute Gasteiger partial charge is 0.218 e. The minimum Gasteiger partial charge on any atom is -0.487 e. The van der Waals surface area contributed by atoms with Crippen LogP contribution in [0.3, 0.4) is 0 Å². The molecule has 0 fully saturated rings. The van der Waals surface area contributed by atoms with Crippen molar-refractivity contribution in [1.29, 1.82) is 0 Å². The molecule has 0 aliphatic rings. The van der Waals surface area contributed by atoms with Crippen LogP contribution in [-0.4, -0.2) is 11.0 Å². The Morgan fingerprint density at radius 3 is 2.63 bits per heavy atom. The summed E-state index contributed by atoms with van der Waals surface area (Å²) >= 11 is 0. The highest BCUT2D eigenvalue weighted by molar-refractivity contribution is 5.90. The van der Waals surface area contributed by atoms with Gasteiger partial charge in [-0.2, -0.15) is 0 Å². The number of hydrogen-bond acceptors (Lipinski definition) is 2. The third-order valence-corrected chi connectivity index (χ3v) is 3.05. The average Bonchev–Trinajstić information content (AvgIpc) is 2.90. The second-order valence-electron chi connectivity index (χ2n) is 4.30. The third kappa shape index (κ3) is 2.22. The highest BCUT2D eigenvalue weighted by Crippen LogP contribution is 2.26. The van der Waals surface area contributed by atoms with Crippen molar-refractivity contribution < 1.29 is 9.53 Å². The van der Waals surface area contributed by atoms with Gasteiger partial charge in [-0.1, -0.05) is 42.5 Å². The summed E-state index contributed by atoms with van der Waals surface area (Å²) in [4.78, 5) is 11.0. The zero-order chi connectivity index (χ0) is 13.1. The molecular formula is C16H13NO2. The van der Waals surface area contributed by atoms with E-state index in [0.717, 1.165) is 28.6 Å². The van der Waals surface area contributed by atoms with Gasteiger partial charge in [-0.05, 0) is 17.7 Å². The molecule has 3 nitrogen and oxygen atoms in total. The molecule has 94 valence electrons. The summed E-state index contributed by atoms with van der Waals surface area (Å²) in [6.45, 7) is 0.490. The molecule has 0 saturated heterocycles. The van der Waals surface area contributed by atoms with E-state index < -0.39 is 0 Å². The Hall–Kier alpha value is -2.55. The zero-order valence-corrected chi connectivity index (χ0v) is 10.3. The highest BCUT2D eigenvalue weighted by Gasteiger charge is 2.07. The van der Waals surface area contributed by atoms with Crippen LogP contribution in [0.25, 0.3) is 10.9 Å². The first-order valence-electron chi connectivity index (χ1n) is 6.10. The number of carbonyl (C=O) groups excluding carboxylic acids is 1. The first-order chi connectivity index (χ1) is 9.38. The van der Waals surface area contributed by atoms with Crippen molar-refractivity contribution in [2.45, 2.75) is 6.61 Å². The quantitative estimate of drug-likeness (QED) is 0.666. The van der Waals surface area contributed by atoms with E-state index >= 15 is 0 Å². The zero-order valence-electron chi connectivity index (χ0n) is 10.3. The van der Waals surface area contributed by atoms with Crippen molar-refractivity contribution in [2.75, 3.05) is 0 Å². The van der Waals surface area contributed by atoms with Crippen molar-refractivity contribution in [3.8, 4) is 5.75 Å². The summed E-state index contributed by atoms with van der Waals surface area (Å²) in [7, 11) is 0. The molecule has 0 aliphatic carbocycles. The van der Waals surface area contributed by atoms with Gasteiger partial charge in [0.15, 0.2) is 0 Å². The van der Waals surface area contributed by atoms with Gasteiger partial charge in [0.2, 0.25) is 6.41 Å². The number of para-hydroxylation sites is 1.